The van der Waals surface area contributed by atoms with Crippen molar-refractivity contribution in [1.29, 1.82) is 0 Å². The molecule has 0 aliphatic carbocycles. The minimum Gasteiger partial charge on any atom is -0.481 e. The van der Waals surface area contributed by atoms with Crippen LogP contribution in [-0.2, 0) is 27.2 Å². The molecular formula is C35H45N5O5. The molecule has 2 aromatic heterocycles. The maximum Gasteiger partial charge on any atom is 0.407 e. The summed E-state index contributed by atoms with van der Waals surface area (Å²) in [6.07, 6.45) is 2.76. The molecule has 4 aromatic rings. The smallest absolute Gasteiger partial charge is 0.407 e. The highest BCUT2D eigenvalue weighted by molar-refractivity contribution is 5.83. The van der Waals surface area contributed by atoms with E-state index in [4.69, 9.17) is 24.2 Å². The van der Waals surface area contributed by atoms with Crippen molar-refractivity contribution in [3.8, 4) is 5.88 Å². The number of methoxy groups -OCH3 is 2. The summed E-state index contributed by atoms with van der Waals surface area (Å²) < 4.78 is 18.4. The number of fused-ring (bicyclic) bond motifs is 2. The molecule has 45 heavy (non-hydrogen) atoms. The first kappa shape index (κ1) is 32.2. The largest absolute Gasteiger partial charge is 0.481 e. The fourth-order valence-corrected chi connectivity index (χ4v) is 6.07. The van der Waals surface area contributed by atoms with Gasteiger partial charge in [-0.15, -0.1) is 0 Å². The predicted molar refractivity (Wildman–Crippen MR) is 175 cm³/mol. The monoisotopic (exact) mass is 615 g/mol. The fraction of sp³-hybridized carbons (Fsp3) is 0.486. The maximum absolute atomic E-state index is 13.9. The van der Waals surface area contributed by atoms with E-state index < -0.39 is 17.7 Å². The van der Waals surface area contributed by atoms with Crippen molar-refractivity contribution in [3.63, 3.8) is 0 Å². The van der Waals surface area contributed by atoms with E-state index in [1.807, 2.05) is 49.9 Å². The van der Waals surface area contributed by atoms with Crippen LogP contribution in [-0.4, -0.2) is 77.0 Å². The fourth-order valence-electron chi connectivity index (χ4n) is 6.07. The summed E-state index contributed by atoms with van der Waals surface area (Å²) in [5.41, 5.74) is 1.99. The highest BCUT2D eigenvalue weighted by Crippen LogP contribution is 2.30. The maximum atomic E-state index is 13.9. The first-order valence-electron chi connectivity index (χ1n) is 15.8. The van der Waals surface area contributed by atoms with Gasteiger partial charge in [-0.2, -0.15) is 4.98 Å². The highest BCUT2D eigenvalue weighted by atomic mass is 16.6. The standard InChI is InChI=1S/C35H45N5O5/c1-35(2,3)45-34(42)36-28(21-24-13-14-25-10-6-7-11-26(25)20-24)22-31(41)39-17-8-12-27(23-39)32-37-29-15-16-30(44-5)38-33(29)40(32)18-9-19-43-4/h6-7,10-11,13-16,20,27-28H,8-9,12,17-19,21-23H2,1-5H3,(H,36,42)/t27?,28-/m1/s1. The molecule has 10 nitrogen and oxygen atoms in total. The van der Waals surface area contributed by atoms with Crippen LogP contribution in [0, 0.1) is 0 Å². The van der Waals surface area contributed by atoms with Gasteiger partial charge in [-0.25, -0.2) is 9.78 Å². The molecule has 1 N–H and O–H groups in total. The van der Waals surface area contributed by atoms with Crippen LogP contribution in [0.1, 0.15) is 63.8 Å². The van der Waals surface area contributed by atoms with Crippen LogP contribution in [0.25, 0.3) is 21.9 Å². The van der Waals surface area contributed by atoms with E-state index in [0.29, 0.717) is 38.5 Å². The lowest BCUT2D eigenvalue weighted by atomic mass is 9.95. The van der Waals surface area contributed by atoms with Crippen LogP contribution in [0.5, 0.6) is 5.88 Å². The van der Waals surface area contributed by atoms with Crippen molar-refractivity contribution in [3.05, 3.63) is 66.0 Å². The van der Waals surface area contributed by atoms with Gasteiger partial charge in [-0.3, -0.25) is 4.79 Å². The number of piperidine rings is 1. The summed E-state index contributed by atoms with van der Waals surface area (Å²) in [5, 5.41) is 5.26. The number of likely N-dealkylation sites (tertiary alicyclic amines) is 1. The van der Waals surface area contributed by atoms with Gasteiger partial charge in [0.05, 0.1) is 7.11 Å². The second-order valence-corrected chi connectivity index (χ2v) is 12.8. The summed E-state index contributed by atoms with van der Waals surface area (Å²) in [4.78, 5) is 38.3. The average molecular weight is 616 g/mol. The van der Waals surface area contributed by atoms with Gasteiger partial charge < -0.3 is 29.0 Å². The summed E-state index contributed by atoms with van der Waals surface area (Å²) in [6, 6.07) is 17.8. The molecule has 10 heteroatoms. The molecule has 0 saturated carbocycles. The Kier molecular flexibility index (Phi) is 10.2. The van der Waals surface area contributed by atoms with Crippen molar-refractivity contribution in [2.45, 2.75) is 77.0 Å². The van der Waals surface area contributed by atoms with Crippen LogP contribution in [0.2, 0.25) is 0 Å². The van der Waals surface area contributed by atoms with E-state index in [2.05, 4.69) is 40.2 Å². The first-order chi connectivity index (χ1) is 21.6. The Morgan fingerprint density at radius 1 is 1.04 bits per heavy atom. The van der Waals surface area contributed by atoms with E-state index >= 15 is 0 Å². The Hall–Kier alpha value is -4.18. The lowest BCUT2D eigenvalue weighted by Gasteiger charge is -2.34. The topological polar surface area (TPSA) is 108 Å². The third kappa shape index (κ3) is 8.30. The molecular weight excluding hydrogens is 570 g/mol. The van der Waals surface area contributed by atoms with Crippen LogP contribution in [0.4, 0.5) is 4.79 Å². The second kappa shape index (κ2) is 14.3. The molecule has 1 aliphatic rings. The molecule has 1 saturated heterocycles. The van der Waals surface area contributed by atoms with Crippen molar-refractivity contribution in [2.24, 2.45) is 0 Å². The molecule has 0 bridgehead atoms. The van der Waals surface area contributed by atoms with Crippen molar-refractivity contribution in [2.75, 3.05) is 33.9 Å². The average Bonchev–Trinajstić information content (AvgIpc) is 3.37. The highest BCUT2D eigenvalue weighted by Gasteiger charge is 2.31. The number of alkyl carbamates (subject to hydrolysis) is 1. The summed E-state index contributed by atoms with van der Waals surface area (Å²) in [6.45, 7) is 8.05. The van der Waals surface area contributed by atoms with Gasteiger partial charge in [0.15, 0.2) is 5.65 Å². The van der Waals surface area contributed by atoms with Gasteiger partial charge in [0.2, 0.25) is 11.8 Å². The number of aryl methyl sites for hydroxylation is 1. The summed E-state index contributed by atoms with van der Waals surface area (Å²) >= 11 is 0. The Morgan fingerprint density at radius 2 is 1.84 bits per heavy atom. The number of rotatable bonds is 11. The SMILES string of the molecule is COCCCn1c(C2CCCN(C(=O)C[C@@H](Cc3ccc4ccccc4c3)NC(=O)OC(C)(C)C)C2)nc2ccc(OC)nc21. The number of nitrogens with zero attached hydrogens (tertiary/aromatic N) is 4. The third-order valence-corrected chi connectivity index (χ3v) is 8.11. The number of hydrogen-bond donors (Lipinski definition) is 1. The van der Waals surface area contributed by atoms with Crippen LogP contribution in [0.3, 0.4) is 0 Å². The van der Waals surface area contributed by atoms with Crippen LogP contribution in [0.15, 0.2) is 54.6 Å². The quantitative estimate of drug-likeness (QED) is 0.211. The van der Waals surface area contributed by atoms with Crippen molar-refractivity contribution in [1.82, 2.24) is 24.8 Å². The molecule has 0 spiro atoms. The molecule has 2 atom stereocenters. The van der Waals surface area contributed by atoms with E-state index in [-0.39, 0.29) is 18.2 Å². The van der Waals surface area contributed by atoms with E-state index in [1.165, 1.54) is 0 Å². The molecule has 2 amide bonds. The molecule has 0 radical (unpaired) electrons. The van der Waals surface area contributed by atoms with Crippen LogP contribution < -0.4 is 10.1 Å². The number of hydrogen-bond acceptors (Lipinski definition) is 7. The molecule has 3 heterocycles. The minimum atomic E-state index is -0.644. The van der Waals surface area contributed by atoms with Crippen LogP contribution >= 0.6 is 0 Å². The van der Waals surface area contributed by atoms with Gasteiger partial charge in [0, 0.05) is 57.8 Å². The van der Waals surface area contributed by atoms with E-state index in [0.717, 1.165) is 52.6 Å². The van der Waals surface area contributed by atoms with Gasteiger partial charge in [-0.05, 0) is 68.9 Å². The number of aromatic nitrogens is 3. The molecule has 5 rings (SSSR count). The summed E-state index contributed by atoms with van der Waals surface area (Å²) in [5.74, 6) is 1.53. The number of pyridine rings is 1. The van der Waals surface area contributed by atoms with Gasteiger partial charge >= 0.3 is 6.09 Å². The molecule has 1 aliphatic heterocycles. The van der Waals surface area contributed by atoms with E-state index in [1.54, 1.807) is 14.2 Å². The number of carbonyl (C=O) groups excluding carboxylic acids is 2. The molecule has 240 valence electrons. The first-order valence-corrected chi connectivity index (χ1v) is 15.8. The Balaban J connectivity index is 1.34. The zero-order chi connectivity index (χ0) is 32.0. The zero-order valence-electron chi connectivity index (χ0n) is 27.0. The Labute approximate surface area is 265 Å². The lowest BCUT2D eigenvalue weighted by Crippen LogP contribution is -2.46. The van der Waals surface area contributed by atoms with E-state index in [9.17, 15) is 9.59 Å². The number of benzene rings is 2. The predicted octanol–water partition coefficient (Wildman–Crippen LogP) is 5.86. The molecule has 1 fully saturated rings. The number of nitrogens with one attached hydrogen (secondary N) is 1. The van der Waals surface area contributed by atoms with Gasteiger partial charge in [-0.1, -0.05) is 42.5 Å². The third-order valence-electron chi connectivity index (χ3n) is 8.11. The minimum absolute atomic E-state index is 0.00314. The molecule has 2 aromatic carbocycles. The van der Waals surface area contributed by atoms with Crippen molar-refractivity contribution < 1.29 is 23.8 Å². The number of amides is 2. The van der Waals surface area contributed by atoms with Gasteiger partial charge in [0.1, 0.15) is 16.9 Å². The van der Waals surface area contributed by atoms with Gasteiger partial charge in [0.25, 0.3) is 0 Å². The number of ether oxygens (including phenoxy) is 3. The molecule has 1 unspecified atom stereocenters. The summed E-state index contributed by atoms with van der Waals surface area (Å²) in [7, 11) is 3.31. The number of carbonyl (C=O) groups is 2. The Bertz CT molecular complexity index is 1630. The number of imidazole rings is 1. The Morgan fingerprint density at radius 3 is 2.60 bits per heavy atom. The zero-order valence-corrected chi connectivity index (χ0v) is 27.0. The van der Waals surface area contributed by atoms with Crippen molar-refractivity contribution >= 4 is 33.9 Å². The second-order valence-electron chi connectivity index (χ2n) is 12.8. The normalized spacial score (nSPS) is 16.1. The lowest BCUT2D eigenvalue weighted by molar-refractivity contribution is -0.132.